The number of benzene rings is 2. The van der Waals surface area contributed by atoms with Gasteiger partial charge in [0.05, 0.1) is 19.1 Å². The summed E-state index contributed by atoms with van der Waals surface area (Å²) in [6, 6.07) is 12.1. The van der Waals surface area contributed by atoms with E-state index >= 15 is 0 Å². The molecule has 0 aliphatic rings. The summed E-state index contributed by atoms with van der Waals surface area (Å²) in [6.07, 6.45) is -1.31. The van der Waals surface area contributed by atoms with Crippen LogP contribution in [0, 0.1) is 5.82 Å². The maximum absolute atomic E-state index is 13.0. The van der Waals surface area contributed by atoms with Crippen LogP contribution in [0.2, 0.25) is 0 Å². The minimum absolute atomic E-state index is 0.196. The molecule has 2 N–H and O–H groups in total. The molecule has 1 amide bonds. The Morgan fingerprint density at radius 1 is 1.15 bits per heavy atom. The third kappa shape index (κ3) is 4.97. The highest BCUT2D eigenvalue weighted by Crippen LogP contribution is 2.31. The minimum Gasteiger partial charge on any atom is -0.496 e. The molecule has 7 heteroatoms. The lowest BCUT2D eigenvalue weighted by Gasteiger charge is -2.27. The van der Waals surface area contributed by atoms with E-state index in [4.69, 9.17) is 9.47 Å². The quantitative estimate of drug-likeness (QED) is 0.741. The summed E-state index contributed by atoms with van der Waals surface area (Å²) in [5.74, 6) is -1.31. The Balaban J connectivity index is 2.08. The number of aliphatic carboxylic acids is 1. The van der Waals surface area contributed by atoms with E-state index in [0.717, 1.165) is 12.1 Å². The van der Waals surface area contributed by atoms with Crippen molar-refractivity contribution in [3.05, 3.63) is 59.9 Å². The zero-order valence-electron chi connectivity index (χ0n) is 15.4. The first-order chi connectivity index (χ1) is 12.8. The molecule has 2 aromatic carbocycles. The molecule has 0 aliphatic carbocycles. The molecule has 0 bridgehead atoms. The maximum atomic E-state index is 13.0. The average Bonchev–Trinajstić information content (AvgIpc) is 2.65. The molecule has 0 aliphatic heterocycles. The van der Waals surface area contributed by atoms with Gasteiger partial charge in [0.2, 0.25) is 12.0 Å². The number of nitrogens with one attached hydrogen (secondary N) is 1. The van der Waals surface area contributed by atoms with Crippen molar-refractivity contribution in [2.45, 2.75) is 25.4 Å². The minimum atomic E-state index is -1.31. The Bertz CT molecular complexity index is 804. The second kappa shape index (κ2) is 8.53. The Labute approximate surface area is 156 Å². The van der Waals surface area contributed by atoms with Crippen LogP contribution in [0.4, 0.5) is 4.39 Å². The summed E-state index contributed by atoms with van der Waals surface area (Å²) in [5.41, 5.74) is -0.276. The summed E-state index contributed by atoms with van der Waals surface area (Å²) in [5, 5.41) is 11.9. The van der Waals surface area contributed by atoms with Crippen molar-refractivity contribution >= 4 is 11.9 Å². The molecule has 0 heterocycles. The summed E-state index contributed by atoms with van der Waals surface area (Å²) in [7, 11) is 1.52. The van der Waals surface area contributed by atoms with Crippen LogP contribution in [-0.4, -0.2) is 36.7 Å². The van der Waals surface area contributed by atoms with Gasteiger partial charge >= 0.3 is 5.97 Å². The molecule has 1 atom stereocenters. The SMILES string of the molecule is COc1ccccc1C(C)(C)C(=O)NCC(Oc1ccc(F)cc1)C(=O)O. The monoisotopic (exact) mass is 375 g/mol. The molecule has 2 aromatic rings. The maximum Gasteiger partial charge on any atom is 0.346 e. The van der Waals surface area contributed by atoms with Gasteiger partial charge in [-0.05, 0) is 44.2 Å². The van der Waals surface area contributed by atoms with E-state index < -0.39 is 23.3 Å². The van der Waals surface area contributed by atoms with Gasteiger partial charge in [0.15, 0.2) is 0 Å². The zero-order chi connectivity index (χ0) is 20.0. The highest BCUT2D eigenvalue weighted by atomic mass is 19.1. The number of hydrogen-bond donors (Lipinski definition) is 2. The van der Waals surface area contributed by atoms with Gasteiger partial charge in [-0.1, -0.05) is 18.2 Å². The highest BCUT2D eigenvalue weighted by Gasteiger charge is 2.33. The Morgan fingerprint density at radius 2 is 1.78 bits per heavy atom. The molecule has 0 aromatic heterocycles. The van der Waals surface area contributed by atoms with E-state index in [0.29, 0.717) is 11.3 Å². The van der Waals surface area contributed by atoms with Crippen LogP contribution < -0.4 is 14.8 Å². The van der Waals surface area contributed by atoms with Crippen molar-refractivity contribution < 1.29 is 28.6 Å². The smallest absolute Gasteiger partial charge is 0.346 e. The van der Waals surface area contributed by atoms with Crippen LogP contribution in [0.1, 0.15) is 19.4 Å². The first-order valence-corrected chi connectivity index (χ1v) is 8.32. The van der Waals surface area contributed by atoms with E-state index in [1.807, 2.05) is 0 Å². The second-order valence-electron chi connectivity index (χ2n) is 6.43. The van der Waals surface area contributed by atoms with Gasteiger partial charge < -0.3 is 19.9 Å². The van der Waals surface area contributed by atoms with Gasteiger partial charge in [0.25, 0.3) is 0 Å². The lowest BCUT2D eigenvalue weighted by atomic mass is 9.83. The number of carboxylic acid groups (broad SMARTS) is 1. The average molecular weight is 375 g/mol. The summed E-state index contributed by atoms with van der Waals surface area (Å²) in [4.78, 5) is 24.1. The van der Waals surface area contributed by atoms with Crippen LogP contribution in [0.3, 0.4) is 0 Å². The fourth-order valence-electron chi connectivity index (χ4n) is 2.55. The first kappa shape index (κ1) is 20.2. The molecular weight excluding hydrogens is 353 g/mol. The number of amides is 1. The Hall–Kier alpha value is -3.09. The number of methoxy groups -OCH3 is 1. The van der Waals surface area contributed by atoms with Crippen molar-refractivity contribution in [3.63, 3.8) is 0 Å². The third-order valence-electron chi connectivity index (χ3n) is 4.16. The van der Waals surface area contributed by atoms with Gasteiger partial charge in [-0.15, -0.1) is 0 Å². The van der Waals surface area contributed by atoms with Crippen LogP contribution in [0.15, 0.2) is 48.5 Å². The lowest BCUT2D eigenvalue weighted by Crippen LogP contribution is -2.46. The van der Waals surface area contributed by atoms with Gasteiger partial charge in [-0.3, -0.25) is 4.79 Å². The number of hydrogen-bond acceptors (Lipinski definition) is 4. The van der Waals surface area contributed by atoms with E-state index in [1.165, 1.54) is 19.2 Å². The van der Waals surface area contributed by atoms with Crippen molar-refractivity contribution in [1.29, 1.82) is 0 Å². The number of ether oxygens (including phenoxy) is 2. The third-order valence-corrected chi connectivity index (χ3v) is 4.16. The molecule has 6 nitrogen and oxygen atoms in total. The van der Waals surface area contributed by atoms with Crippen LogP contribution in [0.25, 0.3) is 0 Å². The van der Waals surface area contributed by atoms with Gasteiger partial charge in [0.1, 0.15) is 17.3 Å². The van der Waals surface area contributed by atoms with E-state index in [-0.39, 0.29) is 18.2 Å². The van der Waals surface area contributed by atoms with Crippen molar-refractivity contribution in [2.24, 2.45) is 0 Å². The number of para-hydroxylation sites is 1. The topological polar surface area (TPSA) is 84.9 Å². The van der Waals surface area contributed by atoms with Gasteiger partial charge in [-0.2, -0.15) is 0 Å². The molecular formula is C20H22FNO5. The largest absolute Gasteiger partial charge is 0.496 e. The lowest BCUT2D eigenvalue weighted by molar-refractivity contribution is -0.145. The number of carbonyl (C=O) groups excluding carboxylic acids is 1. The van der Waals surface area contributed by atoms with Crippen molar-refractivity contribution in [2.75, 3.05) is 13.7 Å². The van der Waals surface area contributed by atoms with Crippen LogP contribution in [0.5, 0.6) is 11.5 Å². The number of rotatable bonds is 8. The predicted octanol–water partition coefficient (Wildman–Crippen LogP) is 2.76. The normalized spacial score (nSPS) is 12.1. The fourth-order valence-corrected chi connectivity index (χ4v) is 2.55. The van der Waals surface area contributed by atoms with Crippen LogP contribution in [-0.2, 0) is 15.0 Å². The summed E-state index contributed by atoms with van der Waals surface area (Å²) in [6.45, 7) is 3.19. The molecule has 144 valence electrons. The second-order valence-corrected chi connectivity index (χ2v) is 6.43. The van der Waals surface area contributed by atoms with E-state index in [1.54, 1.807) is 38.1 Å². The van der Waals surface area contributed by atoms with E-state index in [9.17, 15) is 19.1 Å². The Kier molecular flexibility index (Phi) is 6.39. The predicted molar refractivity (Wildman–Crippen MR) is 97.5 cm³/mol. The van der Waals surface area contributed by atoms with Gasteiger partial charge in [-0.25, -0.2) is 9.18 Å². The first-order valence-electron chi connectivity index (χ1n) is 8.32. The van der Waals surface area contributed by atoms with E-state index in [2.05, 4.69) is 5.32 Å². The molecule has 0 saturated carbocycles. The molecule has 2 rings (SSSR count). The molecule has 0 spiro atoms. The fraction of sp³-hybridized carbons (Fsp3) is 0.300. The standard InChI is InChI=1S/C20H22FNO5/c1-20(2,15-6-4-5-7-16(15)26-3)19(25)22-12-17(18(23)24)27-14-10-8-13(21)9-11-14/h4-11,17H,12H2,1-3H3,(H,22,25)(H,23,24). The molecule has 0 radical (unpaired) electrons. The molecule has 0 saturated heterocycles. The zero-order valence-corrected chi connectivity index (χ0v) is 15.4. The highest BCUT2D eigenvalue weighted by molar-refractivity contribution is 5.88. The van der Waals surface area contributed by atoms with Crippen molar-refractivity contribution in [1.82, 2.24) is 5.32 Å². The number of carboxylic acids is 1. The van der Waals surface area contributed by atoms with Gasteiger partial charge in [0, 0.05) is 5.56 Å². The molecule has 1 unspecified atom stereocenters. The molecule has 0 fully saturated rings. The molecule has 27 heavy (non-hydrogen) atoms. The summed E-state index contributed by atoms with van der Waals surface area (Å²) < 4.78 is 23.6. The van der Waals surface area contributed by atoms with Crippen LogP contribution >= 0.6 is 0 Å². The summed E-state index contributed by atoms with van der Waals surface area (Å²) >= 11 is 0. The number of halogens is 1. The Morgan fingerprint density at radius 3 is 2.37 bits per heavy atom. The number of carbonyl (C=O) groups is 2. The van der Waals surface area contributed by atoms with Crippen molar-refractivity contribution in [3.8, 4) is 11.5 Å².